The number of aryl methyl sites for hydroxylation is 1. The second kappa shape index (κ2) is 4.69. The van der Waals surface area contributed by atoms with E-state index in [9.17, 15) is 0 Å². The van der Waals surface area contributed by atoms with E-state index in [0.717, 1.165) is 17.7 Å². The highest BCUT2D eigenvalue weighted by molar-refractivity contribution is 7.80. The molecule has 0 amide bonds. The highest BCUT2D eigenvalue weighted by Crippen LogP contribution is 2.25. The van der Waals surface area contributed by atoms with Crippen molar-refractivity contribution < 1.29 is 5.11 Å². The predicted octanol–water partition coefficient (Wildman–Crippen LogP) is 3.05. The third-order valence-electron chi connectivity index (χ3n) is 2.60. The Kier molecular flexibility index (Phi) is 3.29. The summed E-state index contributed by atoms with van der Waals surface area (Å²) < 4.78 is 0. The first-order valence-electron chi connectivity index (χ1n) is 5.13. The van der Waals surface area contributed by atoms with Gasteiger partial charge in [0.25, 0.3) is 0 Å². The Morgan fingerprint density at radius 2 is 1.73 bits per heavy atom. The summed E-state index contributed by atoms with van der Waals surface area (Å²) in [7, 11) is 0. The van der Waals surface area contributed by atoms with Gasteiger partial charge in [0.15, 0.2) is 0 Å². The van der Waals surface area contributed by atoms with Crippen molar-refractivity contribution in [3.8, 4) is 0 Å². The lowest BCUT2D eigenvalue weighted by Gasteiger charge is -2.07. The molecule has 0 radical (unpaired) electrons. The van der Waals surface area contributed by atoms with E-state index in [2.05, 4.69) is 30.8 Å². The standard InChI is InChI=1S/C13H14OS/c14-9-3-4-10-7-8-13(15)12-6-2-1-5-11(10)12/h1-2,5-8,14-15H,3-4,9H2. The second-order valence-corrected chi connectivity index (χ2v) is 4.10. The van der Waals surface area contributed by atoms with Crippen LogP contribution in [0.5, 0.6) is 0 Å². The van der Waals surface area contributed by atoms with Gasteiger partial charge >= 0.3 is 0 Å². The molecule has 0 spiro atoms. The molecule has 0 aliphatic carbocycles. The van der Waals surface area contributed by atoms with Crippen molar-refractivity contribution in [2.24, 2.45) is 0 Å². The SMILES string of the molecule is OCCCc1ccc(S)c2ccccc12. The smallest absolute Gasteiger partial charge is 0.0434 e. The van der Waals surface area contributed by atoms with Gasteiger partial charge in [-0.25, -0.2) is 0 Å². The molecule has 0 aliphatic heterocycles. The number of rotatable bonds is 3. The molecule has 1 N–H and O–H groups in total. The molecular formula is C13H14OS. The van der Waals surface area contributed by atoms with Gasteiger partial charge in [-0.2, -0.15) is 0 Å². The molecular weight excluding hydrogens is 204 g/mol. The molecule has 0 saturated carbocycles. The summed E-state index contributed by atoms with van der Waals surface area (Å²) in [4.78, 5) is 1.01. The molecule has 2 heteroatoms. The average molecular weight is 218 g/mol. The van der Waals surface area contributed by atoms with Crippen LogP contribution in [0.2, 0.25) is 0 Å². The highest BCUT2D eigenvalue weighted by atomic mass is 32.1. The van der Waals surface area contributed by atoms with E-state index in [-0.39, 0.29) is 6.61 Å². The number of hydrogen-bond acceptors (Lipinski definition) is 2. The van der Waals surface area contributed by atoms with E-state index in [1.54, 1.807) is 0 Å². The molecule has 0 aliphatic rings. The Labute approximate surface area is 95.2 Å². The summed E-state index contributed by atoms with van der Waals surface area (Å²) >= 11 is 4.44. The van der Waals surface area contributed by atoms with Gasteiger partial charge in [-0.1, -0.05) is 30.3 Å². The fraction of sp³-hybridized carbons (Fsp3) is 0.231. The van der Waals surface area contributed by atoms with Gasteiger partial charge < -0.3 is 5.11 Å². The number of aliphatic hydroxyl groups is 1. The van der Waals surface area contributed by atoms with Crippen LogP contribution in [0.25, 0.3) is 10.8 Å². The van der Waals surface area contributed by atoms with Crippen LogP contribution in [0.3, 0.4) is 0 Å². The first-order valence-corrected chi connectivity index (χ1v) is 5.58. The maximum absolute atomic E-state index is 8.84. The molecule has 0 bridgehead atoms. The number of thiol groups is 1. The van der Waals surface area contributed by atoms with Gasteiger partial charge in [0.05, 0.1) is 0 Å². The van der Waals surface area contributed by atoms with Crippen molar-refractivity contribution in [3.63, 3.8) is 0 Å². The zero-order valence-electron chi connectivity index (χ0n) is 8.48. The minimum Gasteiger partial charge on any atom is -0.396 e. The molecule has 2 aromatic rings. The third kappa shape index (κ3) is 2.16. The van der Waals surface area contributed by atoms with Crippen LogP contribution in [-0.2, 0) is 6.42 Å². The molecule has 0 unspecified atom stereocenters. The van der Waals surface area contributed by atoms with E-state index in [0.29, 0.717) is 0 Å². The van der Waals surface area contributed by atoms with Gasteiger partial charge in [-0.15, -0.1) is 12.6 Å². The summed E-state index contributed by atoms with van der Waals surface area (Å²) in [6.07, 6.45) is 1.74. The molecule has 0 heterocycles. The summed E-state index contributed by atoms with van der Waals surface area (Å²) in [6.45, 7) is 0.247. The van der Waals surface area contributed by atoms with Crippen molar-refractivity contribution >= 4 is 23.4 Å². The quantitative estimate of drug-likeness (QED) is 0.759. The predicted molar refractivity (Wildman–Crippen MR) is 66.6 cm³/mol. The number of aliphatic hydroxyl groups excluding tert-OH is 1. The second-order valence-electron chi connectivity index (χ2n) is 3.62. The summed E-state index contributed by atoms with van der Waals surface area (Å²) in [5, 5.41) is 11.3. The number of hydrogen-bond donors (Lipinski definition) is 2. The minimum atomic E-state index is 0.247. The number of fused-ring (bicyclic) bond motifs is 1. The molecule has 15 heavy (non-hydrogen) atoms. The molecule has 1 nitrogen and oxygen atoms in total. The Morgan fingerprint density at radius 1 is 1.00 bits per heavy atom. The zero-order valence-corrected chi connectivity index (χ0v) is 9.37. The fourth-order valence-electron chi connectivity index (χ4n) is 1.83. The molecule has 0 aromatic heterocycles. The topological polar surface area (TPSA) is 20.2 Å². The van der Waals surface area contributed by atoms with Gasteiger partial charge in [0.1, 0.15) is 0 Å². The third-order valence-corrected chi connectivity index (χ3v) is 2.99. The molecule has 78 valence electrons. The minimum absolute atomic E-state index is 0.247. The highest BCUT2D eigenvalue weighted by Gasteiger charge is 2.02. The van der Waals surface area contributed by atoms with Crippen LogP contribution < -0.4 is 0 Å². The Morgan fingerprint density at radius 3 is 2.47 bits per heavy atom. The van der Waals surface area contributed by atoms with Gasteiger partial charge in [-0.05, 0) is 35.2 Å². The Hall–Kier alpha value is -0.990. The van der Waals surface area contributed by atoms with Crippen LogP contribution in [-0.4, -0.2) is 11.7 Å². The van der Waals surface area contributed by atoms with Crippen molar-refractivity contribution in [2.75, 3.05) is 6.61 Å². The van der Waals surface area contributed by atoms with Crippen molar-refractivity contribution in [3.05, 3.63) is 42.0 Å². The normalized spacial score (nSPS) is 10.8. The molecule has 0 saturated heterocycles. The van der Waals surface area contributed by atoms with Crippen LogP contribution in [0, 0.1) is 0 Å². The first-order chi connectivity index (χ1) is 7.33. The zero-order chi connectivity index (χ0) is 10.7. The first kappa shape index (κ1) is 10.5. The average Bonchev–Trinajstić information content (AvgIpc) is 2.29. The lowest BCUT2D eigenvalue weighted by Crippen LogP contribution is -1.91. The van der Waals surface area contributed by atoms with E-state index >= 15 is 0 Å². The van der Waals surface area contributed by atoms with E-state index in [4.69, 9.17) is 5.11 Å². The van der Waals surface area contributed by atoms with Crippen molar-refractivity contribution in [2.45, 2.75) is 17.7 Å². The maximum atomic E-state index is 8.84. The Bertz CT molecular complexity index is 465. The van der Waals surface area contributed by atoms with Crippen LogP contribution in [0.15, 0.2) is 41.3 Å². The summed E-state index contributed by atoms with van der Waals surface area (Å²) in [6, 6.07) is 12.4. The summed E-state index contributed by atoms with van der Waals surface area (Å²) in [5.74, 6) is 0. The lowest BCUT2D eigenvalue weighted by atomic mass is 10.0. The number of benzene rings is 2. The summed E-state index contributed by atoms with van der Waals surface area (Å²) in [5.41, 5.74) is 1.29. The monoisotopic (exact) mass is 218 g/mol. The molecule has 2 aromatic carbocycles. The maximum Gasteiger partial charge on any atom is 0.0434 e. The largest absolute Gasteiger partial charge is 0.396 e. The lowest BCUT2D eigenvalue weighted by molar-refractivity contribution is 0.289. The van der Waals surface area contributed by atoms with E-state index in [1.165, 1.54) is 16.3 Å². The van der Waals surface area contributed by atoms with Crippen LogP contribution in [0.4, 0.5) is 0 Å². The van der Waals surface area contributed by atoms with E-state index in [1.807, 2.05) is 18.2 Å². The Balaban J connectivity index is 2.51. The molecule has 0 atom stereocenters. The van der Waals surface area contributed by atoms with Gasteiger partial charge in [-0.3, -0.25) is 0 Å². The van der Waals surface area contributed by atoms with Crippen molar-refractivity contribution in [1.29, 1.82) is 0 Å². The van der Waals surface area contributed by atoms with Gasteiger partial charge in [0, 0.05) is 11.5 Å². The van der Waals surface area contributed by atoms with E-state index < -0.39 is 0 Å². The van der Waals surface area contributed by atoms with Crippen LogP contribution in [0.1, 0.15) is 12.0 Å². The van der Waals surface area contributed by atoms with Gasteiger partial charge in [0.2, 0.25) is 0 Å². The molecule has 0 fully saturated rings. The molecule has 2 rings (SSSR count). The van der Waals surface area contributed by atoms with Crippen molar-refractivity contribution in [1.82, 2.24) is 0 Å². The van der Waals surface area contributed by atoms with Crippen LogP contribution >= 0.6 is 12.6 Å². The fourth-order valence-corrected chi connectivity index (χ4v) is 2.10.